The molecule has 0 aliphatic rings. The summed E-state index contributed by atoms with van der Waals surface area (Å²) in [6.07, 6.45) is 0. The van der Waals surface area contributed by atoms with Gasteiger partial charge in [0.15, 0.2) is 5.60 Å². The molecule has 3 N–H and O–H groups in total. The van der Waals surface area contributed by atoms with Crippen LogP contribution in [0.25, 0.3) is 0 Å². The molecule has 20 heavy (non-hydrogen) atoms. The monoisotopic (exact) mass is 283 g/mol. The van der Waals surface area contributed by atoms with Gasteiger partial charge in [-0.3, -0.25) is 0 Å². The van der Waals surface area contributed by atoms with Gasteiger partial charge in [0.05, 0.1) is 25.4 Å². The molecule has 0 aromatic heterocycles. The van der Waals surface area contributed by atoms with Gasteiger partial charge in [-0.1, -0.05) is 0 Å². The van der Waals surface area contributed by atoms with E-state index in [9.17, 15) is 9.90 Å². The number of benzene rings is 1. The van der Waals surface area contributed by atoms with E-state index < -0.39 is 11.6 Å². The minimum atomic E-state index is -1.86. The van der Waals surface area contributed by atoms with E-state index in [1.165, 1.54) is 6.92 Å². The van der Waals surface area contributed by atoms with Crippen LogP contribution in [0.1, 0.15) is 20.8 Å². The third-order valence-electron chi connectivity index (χ3n) is 2.65. The van der Waals surface area contributed by atoms with Gasteiger partial charge in [0.2, 0.25) is 0 Å². The van der Waals surface area contributed by atoms with E-state index in [-0.39, 0.29) is 6.54 Å². The smallest absolute Gasteiger partial charge is 0.337 e. The number of carboxylic acid groups (broad SMARTS) is 1. The SMILES string of the molecule is CCOc1ccc(OCC)c(NCC(C)(O)C(=O)O)c1. The van der Waals surface area contributed by atoms with Gasteiger partial charge in [0, 0.05) is 6.07 Å². The van der Waals surface area contributed by atoms with Crippen LogP contribution in [-0.2, 0) is 4.79 Å². The number of nitrogens with one attached hydrogen (secondary N) is 1. The second kappa shape index (κ2) is 7.00. The summed E-state index contributed by atoms with van der Waals surface area (Å²) in [4.78, 5) is 10.9. The molecule has 1 rings (SSSR count). The molecule has 1 atom stereocenters. The summed E-state index contributed by atoms with van der Waals surface area (Å²) >= 11 is 0. The molecule has 6 nitrogen and oxygen atoms in total. The summed E-state index contributed by atoms with van der Waals surface area (Å²) in [6, 6.07) is 5.23. The van der Waals surface area contributed by atoms with Crippen LogP contribution in [-0.4, -0.2) is 41.5 Å². The van der Waals surface area contributed by atoms with Crippen LogP contribution >= 0.6 is 0 Å². The molecule has 0 spiro atoms. The number of carboxylic acids is 1. The van der Waals surface area contributed by atoms with Crippen molar-refractivity contribution in [3.8, 4) is 11.5 Å². The summed E-state index contributed by atoms with van der Waals surface area (Å²) in [5.74, 6) is -0.0607. The lowest BCUT2D eigenvalue weighted by molar-refractivity contribution is -0.155. The number of hydrogen-bond acceptors (Lipinski definition) is 5. The highest BCUT2D eigenvalue weighted by Gasteiger charge is 2.29. The Morgan fingerprint density at radius 1 is 1.30 bits per heavy atom. The van der Waals surface area contributed by atoms with Crippen LogP contribution in [0.3, 0.4) is 0 Å². The van der Waals surface area contributed by atoms with Crippen molar-refractivity contribution < 1.29 is 24.5 Å². The molecule has 0 saturated carbocycles. The van der Waals surface area contributed by atoms with Gasteiger partial charge < -0.3 is 25.0 Å². The first kappa shape index (κ1) is 16.1. The first-order valence-corrected chi connectivity index (χ1v) is 6.50. The topological polar surface area (TPSA) is 88.0 Å². The Morgan fingerprint density at radius 2 is 1.95 bits per heavy atom. The average Bonchev–Trinajstić information content (AvgIpc) is 2.39. The minimum Gasteiger partial charge on any atom is -0.494 e. The molecular formula is C14H21NO5. The molecule has 0 heterocycles. The zero-order valence-corrected chi connectivity index (χ0v) is 12.0. The van der Waals surface area contributed by atoms with Crippen molar-refractivity contribution in [2.24, 2.45) is 0 Å². The van der Waals surface area contributed by atoms with E-state index >= 15 is 0 Å². The molecule has 0 radical (unpaired) electrons. The summed E-state index contributed by atoms with van der Waals surface area (Å²) < 4.78 is 10.8. The van der Waals surface area contributed by atoms with E-state index in [0.29, 0.717) is 30.4 Å². The van der Waals surface area contributed by atoms with Gasteiger partial charge in [0.1, 0.15) is 11.5 Å². The van der Waals surface area contributed by atoms with Crippen LogP contribution in [0, 0.1) is 0 Å². The molecule has 0 fully saturated rings. The van der Waals surface area contributed by atoms with Gasteiger partial charge in [-0.25, -0.2) is 4.79 Å². The van der Waals surface area contributed by atoms with E-state index in [2.05, 4.69) is 5.32 Å². The Kier molecular flexibility index (Phi) is 5.64. The van der Waals surface area contributed by atoms with Crippen LogP contribution in [0.2, 0.25) is 0 Å². The van der Waals surface area contributed by atoms with Crippen molar-refractivity contribution >= 4 is 11.7 Å². The van der Waals surface area contributed by atoms with Crippen LogP contribution in [0.4, 0.5) is 5.69 Å². The summed E-state index contributed by atoms with van der Waals surface area (Å²) in [5, 5.41) is 21.5. The fourth-order valence-corrected chi connectivity index (χ4v) is 1.53. The lowest BCUT2D eigenvalue weighted by atomic mass is 10.1. The Labute approximate surface area is 118 Å². The highest BCUT2D eigenvalue weighted by Crippen LogP contribution is 2.29. The Hall–Kier alpha value is -1.95. The Balaban J connectivity index is 2.89. The summed E-state index contributed by atoms with van der Waals surface area (Å²) in [6.45, 7) is 5.83. The van der Waals surface area contributed by atoms with E-state index in [4.69, 9.17) is 14.6 Å². The summed E-state index contributed by atoms with van der Waals surface area (Å²) in [5.41, 5.74) is -1.27. The van der Waals surface area contributed by atoms with Crippen molar-refractivity contribution in [3.63, 3.8) is 0 Å². The highest BCUT2D eigenvalue weighted by atomic mass is 16.5. The largest absolute Gasteiger partial charge is 0.494 e. The Morgan fingerprint density at radius 3 is 2.50 bits per heavy atom. The van der Waals surface area contributed by atoms with E-state index in [1.807, 2.05) is 13.8 Å². The molecular weight excluding hydrogens is 262 g/mol. The number of carbonyl (C=O) groups is 1. The summed E-state index contributed by atoms with van der Waals surface area (Å²) in [7, 11) is 0. The molecule has 0 bridgehead atoms. The maximum absolute atomic E-state index is 10.9. The van der Waals surface area contributed by atoms with Gasteiger partial charge in [-0.2, -0.15) is 0 Å². The van der Waals surface area contributed by atoms with E-state index in [0.717, 1.165) is 0 Å². The minimum absolute atomic E-state index is 0.141. The van der Waals surface area contributed by atoms with Crippen molar-refractivity contribution in [2.45, 2.75) is 26.4 Å². The van der Waals surface area contributed by atoms with Crippen molar-refractivity contribution in [3.05, 3.63) is 18.2 Å². The number of hydrogen-bond donors (Lipinski definition) is 3. The van der Waals surface area contributed by atoms with Gasteiger partial charge in [-0.05, 0) is 32.9 Å². The zero-order valence-electron chi connectivity index (χ0n) is 12.0. The fourth-order valence-electron chi connectivity index (χ4n) is 1.53. The molecule has 112 valence electrons. The van der Waals surface area contributed by atoms with Crippen LogP contribution in [0.5, 0.6) is 11.5 Å². The number of ether oxygens (including phenoxy) is 2. The molecule has 1 aromatic rings. The first-order valence-electron chi connectivity index (χ1n) is 6.50. The molecule has 0 saturated heterocycles. The normalized spacial score (nSPS) is 13.4. The van der Waals surface area contributed by atoms with Crippen molar-refractivity contribution in [2.75, 3.05) is 25.1 Å². The lowest BCUT2D eigenvalue weighted by Crippen LogP contribution is -2.41. The van der Waals surface area contributed by atoms with E-state index in [1.54, 1.807) is 18.2 Å². The highest BCUT2D eigenvalue weighted by molar-refractivity contribution is 5.77. The van der Waals surface area contributed by atoms with Gasteiger partial charge in [-0.15, -0.1) is 0 Å². The number of aliphatic carboxylic acids is 1. The molecule has 0 amide bonds. The molecule has 0 aliphatic heterocycles. The van der Waals surface area contributed by atoms with Gasteiger partial charge in [0.25, 0.3) is 0 Å². The first-order chi connectivity index (χ1) is 9.40. The molecule has 0 aliphatic carbocycles. The zero-order chi connectivity index (χ0) is 15.2. The standard InChI is InChI=1S/C14H21NO5/c1-4-19-10-6-7-12(20-5-2)11(8-10)15-9-14(3,18)13(16)17/h6-8,15,18H,4-5,9H2,1-3H3,(H,16,17). The third kappa shape index (κ3) is 4.31. The fraction of sp³-hybridized carbons (Fsp3) is 0.500. The number of rotatable bonds is 8. The lowest BCUT2D eigenvalue weighted by Gasteiger charge is -2.21. The molecule has 1 unspecified atom stereocenters. The predicted molar refractivity (Wildman–Crippen MR) is 75.5 cm³/mol. The quantitative estimate of drug-likeness (QED) is 0.673. The second-order valence-electron chi connectivity index (χ2n) is 4.46. The third-order valence-corrected chi connectivity index (χ3v) is 2.65. The van der Waals surface area contributed by atoms with Crippen molar-refractivity contribution in [1.82, 2.24) is 0 Å². The molecule has 6 heteroatoms. The van der Waals surface area contributed by atoms with Crippen LogP contribution in [0.15, 0.2) is 18.2 Å². The van der Waals surface area contributed by atoms with Crippen LogP contribution < -0.4 is 14.8 Å². The van der Waals surface area contributed by atoms with Gasteiger partial charge >= 0.3 is 5.97 Å². The molecule has 1 aromatic carbocycles. The second-order valence-corrected chi connectivity index (χ2v) is 4.46. The van der Waals surface area contributed by atoms with Crippen molar-refractivity contribution in [1.29, 1.82) is 0 Å². The Bertz CT molecular complexity index is 459. The predicted octanol–water partition coefficient (Wildman–Crippen LogP) is 1.73. The number of aliphatic hydroxyl groups is 1. The maximum atomic E-state index is 10.9. The average molecular weight is 283 g/mol. The number of anilines is 1. The maximum Gasteiger partial charge on any atom is 0.337 e.